The van der Waals surface area contributed by atoms with Crippen molar-refractivity contribution in [3.8, 4) is 0 Å². The van der Waals surface area contributed by atoms with E-state index in [2.05, 4.69) is 0 Å². The predicted octanol–water partition coefficient (Wildman–Crippen LogP) is -5.92. The van der Waals surface area contributed by atoms with Gasteiger partial charge in [-0.15, -0.1) is 0 Å². The summed E-state index contributed by atoms with van der Waals surface area (Å²) in [5.74, 6) is -6.19. The zero-order chi connectivity index (χ0) is 13.1. The summed E-state index contributed by atoms with van der Waals surface area (Å²) in [6.45, 7) is 0. The topological polar surface area (TPSA) is 161 Å². The van der Waals surface area contributed by atoms with Crippen molar-refractivity contribution in [3.63, 3.8) is 0 Å². The van der Waals surface area contributed by atoms with Gasteiger partial charge in [-0.1, -0.05) is 0 Å². The van der Waals surface area contributed by atoms with E-state index in [0.29, 0.717) is 24.3 Å². The van der Waals surface area contributed by atoms with Crippen LogP contribution in [0.15, 0.2) is 24.3 Å². The van der Waals surface area contributed by atoms with Crippen LogP contribution in [0.5, 0.6) is 0 Å². The van der Waals surface area contributed by atoms with Crippen LogP contribution < -0.4 is 20.4 Å². The Morgan fingerprint density at radius 1 is 0.529 bits per heavy atom. The van der Waals surface area contributed by atoms with Gasteiger partial charge in [0.2, 0.25) is 0 Å². The van der Waals surface area contributed by atoms with Crippen LogP contribution in [-0.2, 0) is 45.4 Å². The summed E-state index contributed by atoms with van der Waals surface area (Å²) in [5.41, 5.74) is 0. The largest absolute Gasteiger partial charge is 4.00 e. The average molecular weight is 319 g/mol. The van der Waals surface area contributed by atoms with Gasteiger partial charge in [0.25, 0.3) is 0 Å². The summed E-state index contributed by atoms with van der Waals surface area (Å²) in [5, 5.41) is 37.7. The van der Waals surface area contributed by atoms with Crippen molar-refractivity contribution in [3.05, 3.63) is 24.3 Å². The van der Waals surface area contributed by atoms with Gasteiger partial charge in [0.05, 0.1) is 23.9 Å². The minimum absolute atomic E-state index is 0. The Balaban J connectivity index is -0.000000218. The fraction of sp³-hybridized carbons (Fsp3) is 0. The Hall–Kier alpha value is -1.76. The number of carboxylic acids is 4. The third-order valence-corrected chi connectivity index (χ3v) is 0.711. The number of carboxylic acid groups (broad SMARTS) is 4. The Bertz CT molecular complexity index is 277. The zero-order valence-electron chi connectivity index (χ0n) is 8.08. The third-order valence-electron chi connectivity index (χ3n) is 0.711. The van der Waals surface area contributed by atoms with E-state index in [-0.39, 0.29) is 26.2 Å². The van der Waals surface area contributed by atoms with Gasteiger partial charge in [-0.05, 0) is 24.3 Å². The van der Waals surface area contributed by atoms with Crippen molar-refractivity contribution in [2.45, 2.75) is 0 Å². The van der Waals surface area contributed by atoms with Crippen molar-refractivity contribution < 1.29 is 65.8 Å². The Labute approximate surface area is 114 Å². The standard InChI is InChI=1S/2C4H4O4.Zr/c2*5-3(6)1-2-4(7)8;/h2*1-2H,(H,5,6)(H,7,8);/q;;+4/p-4/b2*2-1+;. The summed E-state index contributed by atoms with van der Waals surface area (Å²) in [7, 11) is 0. The summed E-state index contributed by atoms with van der Waals surface area (Å²) in [6, 6.07) is 0. The fourth-order valence-electron chi connectivity index (χ4n) is 0.272. The molecule has 0 radical (unpaired) electrons. The molecule has 0 atom stereocenters. The second kappa shape index (κ2) is 12.3. The first-order valence-corrected chi connectivity index (χ1v) is 3.45. The molecule has 8 nitrogen and oxygen atoms in total. The molecule has 88 valence electrons. The molecule has 0 fully saturated rings. The van der Waals surface area contributed by atoms with Crippen LogP contribution in [0.25, 0.3) is 0 Å². The number of carbonyl (C=O) groups is 4. The van der Waals surface area contributed by atoms with Crippen LogP contribution in [0.2, 0.25) is 0 Å². The van der Waals surface area contributed by atoms with Gasteiger partial charge in [0.15, 0.2) is 0 Å². The van der Waals surface area contributed by atoms with E-state index in [1.54, 1.807) is 0 Å². The Kier molecular flexibility index (Phi) is 14.9. The van der Waals surface area contributed by atoms with Gasteiger partial charge >= 0.3 is 26.2 Å². The third kappa shape index (κ3) is 31.4. The summed E-state index contributed by atoms with van der Waals surface area (Å²) in [4.78, 5) is 37.7. The van der Waals surface area contributed by atoms with Crippen molar-refractivity contribution >= 4 is 23.9 Å². The first-order chi connectivity index (χ1) is 7.25. The molecule has 0 saturated heterocycles. The summed E-state index contributed by atoms with van der Waals surface area (Å²) >= 11 is 0. The maximum atomic E-state index is 9.41. The van der Waals surface area contributed by atoms with E-state index in [1.807, 2.05) is 0 Å². The van der Waals surface area contributed by atoms with E-state index in [4.69, 9.17) is 0 Å². The average Bonchev–Trinajstić information content (AvgIpc) is 2.12. The molecule has 0 rings (SSSR count). The monoisotopic (exact) mass is 318 g/mol. The maximum Gasteiger partial charge on any atom is 4.00 e. The van der Waals surface area contributed by atoms with Crippen LogP contribution in [0.3, 0.4) is 0 Å². The molecular formula is C8H4O8Zr. The first-order valence-electron chi connectivity index (χ1n) is 3.45. The van der Waals surface area contributed by atoms with Crippen LogP contribution in [0.1, 0.15) is 0 Å². The Morgan fingerprint density at radius 3 is 0.706 bits per heavy atom. The fourth-order valence-corrected chi connectivity index (χ4v) is 0.272. The molecule has 0 aromatic heterocycles. The van der Waals surface area contributed by atoms with Gasteiger partial charge < -0.3 is 39.6 Å². The second-order valence-electron chi connectivity index (χ2n) is 1.94. The smallest absolute Gasteiger partial charge is 0.545 e. The van der Waals surface area contributed by atoms with Crippen LogP contribution in [0, 0.1) is 0 Å². The maximum absolute atomic E-state index is 9.41. The zero-order valence-corrected chi connectivity index (χ0v) is 10.5. The molecule has 0 N–H and O–H groups in total. The van der Waals surface area contributed by atoms with E-state index in [0.717, 1.165) is 0 Å². The molecule has 0 unspecified atom stereocenters. The van der Waals surface area contributed by atoms with Gasteiger partial charge in [0.1, 0.15) is 0 Å². The molecule has 0 amide bonds. The first kappa shape index (κ1) is 20.6. The molecule has 0 saturated carbocycles. The number of aliphatic carboxylic acids is 4. The van der Waals surface area contributed by atoms with Crippen LogP contribution in [0.4, 0.5) is 0 Å². The van der Waals surface area contributed by atoms with E-state index < -0.39 is 23.9 Å². The van der Waals surface area contributed by atoms with E-state index in [9.17, 15) is 39.6 Å². The molecule has 0 aliphatic carbocycles. The van der Waals surface area contributed by atoms with E-state index in [1.165, 1.54) is 0 Å². The van der Waals surface area contributed by atoms with Crippen molar-refractivity contribution in [2.24, 2.45) is 0 Å². The molecule has 0 aromatic carbocycles. The second-order valence-corrected chi connectivity index (χ2v) is 1.94. The van der Waals surface area contributed by atoms with Crippen molar-refractivity contribution in [1.82, 2.24) is 0 Å². The quantitative estimate of drug-likeness (QED) is 0.463. The number of hydrogen-bond acceptors (Lipinski definition) is 8. The van der Waals surface area contributed by atoms with Crippen molar-refractivity contribution in [1.29, 1.82) is 0 Å². The Morgan fingerprint density at radius 2 is 0.647 bits per heavy atom. The van der Waals surface area contributed by atoms with Crippen LogP contribution >= 0.6 is 0 Å². The van der Waals surface area contributed by atoms with Crippen LogP contribution in [-0.4, -0.2) is 23.9 Å². The van der Waals surface area contributed by atoms with E-state index >= 15 is 0 Å². The van der Waals surface area contributed by atoms with Crippen molar-refractivity contribution in [2.75, 3.05) is 0 Å². The molecule has 0 spiro atoms. The molecular weight excluding hydrogens is 315 g/mol. The normalized spacial score (nSPS) is 8.94. The van der Waals surface area contributed by atoms with Gasteiger partial charge in [-0.25, -0.2) is 0 Å². The molecule has 9 heteroatoms. The molecule has 0 aromatic rings. The molecule has 0 aliphatic heterocycles. The molecule has 0 heterocycles. The minimum atomic E-state index is -1.55. The number of rotatable bonds is 4. The van der Waals surface area contributed by atoms with Gasteiger partial charge in [0, 0.05) is 0 Å². The van der Waals surface area contributed by atoms with Gasteiger partial charge in [-0.2, -0.15) is 0 Å². The minimum Gasteiger partial charge on any atom is -0.545 e. The number of hydrogen-bond donors (Lipinski definition) is 0. The molecule has 0 aliphatic rings. The molecule has 0 bridgehead atoms. The predicted molar refractivity (Wildman–Crippen MR) is 38.3 cm³/mol. The number of carbonyl (C=O) groups excluding carboxylic acids is 4. The molecule has 17 heavy (non-hydrogen) atoms. The summed E-state index contributed by atoms with van der Waals surface area (Å²) < 4.78 is 0. The summed E-state index contributed by atoms with van der Waals surface area (Å²) in [6.07, 6.45) is 1.54. The SMILES string of the molecule is O=C([O-])/C=C/C(=O)[O-].O=C([O-])/C=C/C(=O)[O-].[Zr+4]. The van der Waals surface area contributed by atoms with Gasteiger partial charge in [-0.3, -0.25) is 0 Å².